The largest absolute Gasteiger partial charge is 0.318 e. The maximum atomic E-state index is 4.42. The number of para-hydroxylation sites is 1. The summed E-state index contributed by atoms with van der Waals surface area (Å²) in [5, 5.41) is 3.02. The molecule has 78 valence electrons. The zero-order chi connectivity index (χ0) is 10.7. The van der Waals surface area contributed by atoms with Crippen LogP contribution in [0.3, 0.4) is 0 Å². The van der Waals surface area contributed by atoms with Crippen molar-refractivity contribution in [1.82, 2.24) is 4.98 Å². The van der Waals surface area contributed by atoms with Crippen molar-refractivity contribution in [3.05, 3.63) is 40.3 Å². The molecule has 4 heteroatoms. The molecule has 0 spiro atoms. The summed E-state index contributed by atoms with van der Waals surface area (Å²) in [6.07, 6.45) is 0. The van der Waals surface area contributed by atoms with Gasteiger partial charge >= 0.3 is 0 Å². The molecule has 1 heterocycles. The summed E-state index contributed by atoms with van der Waals surface area (Å²) in [7, 11) is 0. The minimum Gasteiger partial charge on any atom is -0.318 e. The van der Waals surface area contributed by atoms with Crippen molar-refractivity contribution in [2.45, 2.75) is 6.92 Å². The van der Waals surface area contributed by atoms with Crippen molar-refractivity contribution in [2.75, 3.05) is 11.4 Å². The second-order valence-electron chi connectivity index (χ2n) is 3.03. The first-order valence-corrected chi connectivity index (χ1v) is 6.42. The van der Waals surface area contributed by atoms with E-state index in [1.54, 1.807) is 11.3 Å². The molecule has 0 amide bonds. The maximum absolute atomic E-state index is 4.42. The van der Waals surface area contributed by atoms with Gasteiger partial charge in [-0.1, -0.05) is 18.2 Å². The summed E-state index contributed by atoms with van der Waals surface area (Å²) in [5.41, 5.74) is 1.18. The van der Waals surface area contributed by atoms with Crippen LogP contribution in [0, 0.1) is 0 Å². The van der Waals surface area contributed by atoms with Gasteiger partial charge in [0.05, 0.1) is 0 Å². The molecular weight excluding hydrogens is 272 g/mol. The highest BCUT2D eigenvalue weighted by Gasteiger charge is 2.09. The van der Waals surface area contributed by atoms with Gasteiger partial charge in [0.2, 0.25) is 0 Å². The number of anilines is 2. The van der Waals surface area contributed by atoms with Crippen LogP contribution in [0.15, 0.2) is 40.3 Å². The Bertz CT molecular complexity index is 427. The van der Waals surface area contributed by atoms with E-state index in [0.29, 0.717) is 0 Å². The Kier molecular flexibility index (Phi) is 3.38. The van der Waals surface area contributed by atoms with Crippen molar-refractivity contribution in [3.8, 4) is 0 Å². The fourth-order valence-corrected chi connectivity index (χ4v) is 2.74. The van der Waals surface area contributed by atoms with E-state index >= 15 is 0 Å². The highest BCUT2D eigenvalue weighted by atomic mass is 79.9. The van der Waals surface area contributed by atoms with E-state index < -0.39 is 0 Å². The van der Waals surface area contributed by atoms with Gasteiger partial charge in [0.15, 0.2) is 5.13 Å². The second-order valence-corrected chi connectivity index (χ2v) is 4.68. The molecule has 0 saturated carbocycles. The van der Waals surface area contributed by atoms with Gasteiger partial charge in [-0.2, -0.15) is 0 Å². The number of hydrogen-bond donors (Lipinski definition) is 0. The van der Waals surface area contributed by atoms with E-state index in [2.05, 4.69) is 44.9 Å². The number of aromatic nitrogens is 1. The van der Waals surface area contributed by atoms with Crippen LogP contribution in [0.2, 0.25) is 0 Å². The molecule has 0 aliphatic heterocycles. The number of nitrogens with zero attached hydrogens (tertiary/aromatic N) is 2. The molecule has 0 fully saturated rings. The quantitative estimate of drug-likeness (QED) is 0.844. The zero-order valence-electron chi connectivity index (χ0n) is 8.35. The van der Waals surface area contributed by atoms with Gasteiger partial charge in [-0.25, -0.2) is 4.98 Å². The molecule has 1 aromatic carbocycles. The summed E-state index contributed by atoms with van der Waals surface area (Å²) in [4.78, 5) is 6.61. The van der Waals surface area contributed by atoms with Crippen LogP contribution in [0.1, 0.15) is 6.92 Å². The number of rotatable bonds is 3. The standard InChI is InChI=1S/C11H11BrN2S/c1-2-14(9-6-4-3-5-7-9)11-13-10(12)8-15-11/h3-8H,2H2,1H3. The van der Waals surface area contributed by atoms with Gasteiger partial charge in [0.25, 0.3) is 0 Å². The average Bonchev–Trinajstić information content (AvgIpc) is 2.68. The minimum absolute atomic E-state index is 0.900. The third kappa shape index (κ3) is 2.38. The molecule has 0 radical (unpaired) electrons. The number of thiazole rings is 1. The van der Waals surface area contributed by atoms with Gasteiger partial charge < -0.3 is 4.90 Å². The van der Waals surface area contributed by atoms with Crippen LogP contribution in [0.4, 0.5) is 10.8 Å². The Labute approximate surface area is 102 Å². The van der Waals surface area contributed by atoms with E-state index in [9.17, 15) is 0 Å². The maximum Gasteiger partial charge on any atom is 0.190 e. The molecular formula is C11H11BrN2S. The van der Waals surface area contributed by atoms with Crippen LogP contribution in [0.25, 0.3) is 0 Å². The fourth-order valence-electron chi connectivity index (χ4n) is 1.41. The van der Waals surface area contributed by atoms with Crippen LogP contribution in [0.5, 0.6) is 0 Å². The van der Waals surface area contributed by atoms with Crippen molar-refractivity contribution >= 4 is 38.1 Å². The predicted octanol–water partition coefficient (Wildman–Crippen LogP) is 4.06. The van der Waals surface area contributed by atoms with Crippen molar-refractivity contribution in [3.63, 3.8) is 0 Å². The molecule has 2 rings (SSSR count). The molecule has 2 nitrogen and oxygen atoms in total. The lowest BCUT2D eigenvalue weighted by Crippen LogP contribution is -2.15. The topological polar surface area (TPSA) is 16.1 Å². The fraction of sp³-hybridized carbons (Fsp3) is 0.182. The van der Waals surface area contributed by atoms with E-state index in [1.807, 2.05) is 23.6 Å². The van der Waals surface area contributed by atoms with Crippen molar-refractivity contribution < 1.29 is 0 Å². The van der Waals surface area contributed by atoms with Crippen LogP contribution in [-0.4, -0.2) is 11.5 Å². The molecule has 15 heavy (non-hydrogen) atoms. The summed E-state index contributed by atoms with van der Waals surface area (Å²) >= 11 is 5.02. The highest BCUT2D eigenvalue weighted by molar-refractivity contribution is 9.10. The first-order valence-electron chi connectivity index (χ1n) is 4.75. The van der Waals surface area contributed by atoms with E-state index in [0.717, 1.165) is 16.3 Å². The Balaban J connectivity index is 2.33. The summed E-state index contributed by atoms with van der Waals surface area (Å²) in [5.74, 6) is 0. The van der Waals surface area contributed by atoms with Gasteiger partial charge in [-0.3, -0.25) is 0 Å². The van der Waals surface area contributed by atoms with Gasteiger partial charge in [0.1, 0.15) is 4.60 Å². The highest BCUT2D eigenvalue weighted by Crippen LogP contribution is 2.29. The Morgan fingerprint density at radius 3 is 2.60 bits per heavy atom. The molecule has 0 saturated heterocycles. The first kappa shape index (κ1) is 10.6. The second kappa shape index (κ2) is 4.77. The predicted molar refractivity (Wildman–Crippen MR) is 68.9 cm³/mol. The lowest BCUT2D eigenvalue weighted by molar-refractivity contribution is 1.01. The lowest BCUT2D eigenvalue weighted by atomic mass is 10.3. The number of hydrogen-bond acceptors (Lipinski definition) is 3. The van der Waals surface area contributed by atoms with E-state index in [4.69, 9.17) is 0 Å². The molecule has 0 N–H and O–H groups in total. The smallest absolute Gasteiger partial charge is 0.190 e. The summed E-state index contributed by atoms with van der Waals surface area (Å²) < 4.78 is 0.900. The molecule has 0 unspecified atom stereocenters. The number of benzene rings is 1. The van der Waals surface area contributed by atoms with Gasteiger partial charge in [0, 0.05) is 17.6 Å². The van der Waals surface area contributed by atoms with Crippen LogP contribution < -0.4 is 4.90 Å². The molecule has 0 aliphatic rings. The van der Waals surface area contributed by atoms with Crippen molar-refractivity contribution in [2.24, 2.45) is 0 Å². The third-order valence-electron chi connectivity index (χ3n) is 2.08. The van der Waals surface area contributed by atoms with Crippen molar-refractivity contribution in [1.29, 1.82) is 0 Å². The van der Waals surface area contributed by atoms with E-state index in [-0.39, 0.29) is 0 Å². The Morgan fingerprint density at radius 2 is 2.07 bits per heavy atom. The van der Waals surface area contributed by atoms with Crippen LogP contribution >= 0.6 is 27.3 Å². The van der Waals surface area contributed by atoms with E-state index in [1.165, 1.54) is 5.69 Å². The van der Waals surface area contributed by atoms with Crippen LogP contribution in [-0.2, 0) is 0 Å². The lowest BCUT2D eigenvalue weighted by Gasteiger charge is -2.19. The molecule has 0 atom stereocenters. The normalized spacial score (nSPS) is 10.3. The summed E-state index contributed by atoms with van der Waals surface area (Å²) in [6, 6.07) is 10.3. The molecule has 2 aromatic rings. The first-order chi connectivity index (χ1) is 7.31. The SMILES string of the molecule is CCN(c1ccccc1)c1nc(Br)cs1. The molecule has 0 bridgehead atoms. The summed E-state index contributed by atoms with van der Waals surface area (Å²) in [6.45, 7) is 3.05. The number of halogens is 1. The zero-order valence-corrected chi connectivity index (χ0v) is 10.8. The molecule has 1 aromatic heterocycles. The monoisotopic (exact) mass is 282 g/mol. The molecule has 0 aliphatic carbocycles. The Hall–Kier alpha value is -0.870. The van der Waals surface area contributed by atoms with Gasteiger partial charge in [-0.05, 0) is 35.0 Å². The minimum atomic E-state index is 0.900. The average molecular weight is 283 g/mol. The Morgan fingerprint density at radius 1 is 1.33 bits per heavy atom. The third-order valence-corrected chi connectivity index (χ3v) is 3.65. The van der Waals surface area contributed by atoms with Gasteiger partial charge in [-0.15, -0.1) is 11.3 Å².